The summed E-state index contributed by atoms with van der Waals surface area (Å²) in [4.78, 5) is 0. The monoisotopic (exact) mass is 268 g/mol. The molecule has 0 fully saturated rings. The van der Waals surface area contributed by atoms with Crippen LogP contribution in [0.3, 0.4) is 0 Å². The maximum absolute atomic E-state index is 8.76. The van der Waals surface area contributed by atoms with Gasteiger partial charge < -0.3 is 15.2 Å². The van der Waals surface area contributed by atoms with E-state index in [1.165, 1.54) is 0 Å². The van der Waals surface area contributed by atoms with E-state index in [9.17, 15) is 0 Å². The van der Waals surface area contributed by atoms with Crippen molar-refractivity contribution in [2.24, 2.45) is 0 Å². The first-order valence-corrected chi connectivity index (χ1v) is 6.28. The van der Waals surface area contributed by atoms with Gasteiger partial charge in [-0.25, -0.2) is 0 Å². The van der Waals surface area contributed by atoms with E-state index in [1.54, 1.807) is 25.3 Å². The molecule has 20 heavy (non-hydrogen) atoms. The molecule has 0 saturated heterocycles. The van der Waals surface area contributed by atoms with Crippen molar-refractivity contribution in [3.8, 4) is 17.6 Å². The van der Waals surface area contributed by atoms with E-state index in [1.807, 2.05) is 30.3 Å². The van der Waals surface area contributed by atoms with E-state index in [4.69, 9.17) is 20.5 Å². The Morgan fingerprint density at radius 3 is 2.50 bits per heavy atom. The first-order chi connectivity index (χ1) is 9.72. The van der Waals surface area contributed by atoms with Gasteiger partial charge in [0, 0.05) is 6.42 Å². The summed E-state index contributed by atoms with van der Waals surface area (Å²) in [5, 5.41) is 8.76. The number of nitriles is 1. The molecule has 0 amide bonds. The summed E-state index contributed by atoms with van der Waals surface area (Å²) in [7, 11) is 1.64. The highest BCUT2D eigenvalue weighted by molar-refractivity contribution is 5.56. The molecule has 0 radical (unpaired) electrons. The number of nitrogens with zero attached hydrogens (tertiary/aromatic N) is 1. The summed E-state index contributed by atoms with van der Waals surface area (Å²) in [6, 6.07) is 14.9. The van der Waals surface area contributed by atoms with Crippen molar-refractivity contribution >= 4 is 5.69 Å². The van der Waals surface area contributed by atoms with Crippen LogP contribution >= 0.6 is 0 Å². The van der Waals surface area contributed by atoms with E-state index in [0.717, 1.165) is 17.7 Å². The van der Waals surface area contributed by atoms with Gasteiger partial charge in [0.2, 0.25) is 0 Å². The molecule has 0 aliphatic heterocycles. The van der Waals surface area contributed by atoms with Gasteiger partial charge in [-0.1, -0.05) is 12.1 Å². The summed E-state index contributed by atoms with van der Waals surface area (Å²) in [5.41, 5.74) is 8.00. The lowest BCUT2D eigenvalue weighted by Crippen LogP contribution is -2.03. The number of anilines is 1. The molecular weight excluding hydrogens is 252 g/mol. The first-order valence-electron chi connectivity index (χ1n) is 6.28. The molecule has 0 aliphatic carbocycles. The van der Waals surface area contributed by atoms with Crippen molar-refractivity contribution in [1.82, 2.24) is 0 Å². The number of nitrogens with two attached hydrogens (primary N) is 1. The Labute approximate surface area is 118 Å². The molecule has 0 unspecified atom stereocenters. The fraction of sp³-hybridized carbons (Fsp3) is 0.188. The summed E-state index contributed by atoms with van der Waals surface area (Å²) in [6.45, 7) is 0.530. The van der Waals surface area contributed by atoms with Crippen LogP contribution in [0.2, 0.25) is 0 Å². The molecule has 0 bridgehead atoms. The van der Waals surface area contributed by atoms with Crippen LogP contribution in [0.25, 0.3) is 0 Å². The third-order valence-corrected chi connectivity index (χ3v) is 2.95. The van der Waals surface area contributed by atoms with E-state index >= 15 is 0 Å². The lowest BCUT2D eigenvalue weighted by atomic mass is 10.1. The maximum atomic E-state index is 8.76. The number of rotatable bonds is 5. The predicted octanol–water partition coefficient (Wildman–Crippen LogP) is 2.77. The third kappa shape index (κ3) is 3.42. The quantitative estimate of drug-likeness (QED) is 0.847. The van der Waals surface area contributed by atoms with Gasteiger partial charge >= 0.3 is 0 Å². The van der Waals surface area contributed by atoms with Crippen molar-refractivity contribution in [3.63, 3.8) is 0 Å². The Kier molecular flexibility index (Phi) is 4.46. The van der Waals surface area contributed by atoms with E-state index in [0.29, 0.717) is 23.6 Å². The minimum Gasteiger partial charge on any atom is -0.497 e. The van der Waals surface area contributed by atoms with E-state index < -0.39 is 0 Å². The second kappa shape index (κ2) is 6.48. The highest BCUT2D eigenvalue weighted by Crippen LogP contribution is 2.22. The average molecular weight is 268 g/mol. The lowest BCUT2D eigenvalue weighted by Gasteiger charge is -2.09. The van der Waals surface area contributed by atoms with Crippen LogP contribution in [-0.2, 0) is 6.42 Å². The molecule has 0 saturated carbocycles. The minimum atomic E-state index is 0.485. The second-order valence-corrected chi connectivity index (χ2v) is 4.31. The molecule has 0 heterocycles. The van der Waals surface area contributed by atoms with Gasteiger partial charge in [-0.05, 0) is 35.9 Å². The van der Waals surface area contributed by atoms with Crippen LogP contribution in [0.15, 0.2) is 42.5 Å². The largest absolute Gasteiger partial charge is 0.497 e. The van der Waals surface area contributed by atoms with Gasteiger partial charge in [0.25, 0.3) is 0 Å². The van der Waals surface area contributed by atoms with E-state index in [2.05, 4.69) is 0 Å². The smallest absolute Gasteiger partial charge is 0.142 e. The number of ether oxygens (including phenoxy) is 2. The number of hydrogen-bond acceptors (Lipinski definition) is 4. The molecule has 0 aromatic heterocycles. The molecule has 102 valence electrons. The summed E-state index contributed by atoms with van der Waals surface area (Å²) in [5.74, 6) is 1.45. The zero-order chi connectivity index (χ0) is 14.4. The summed E-state index contributed by atoms with van der Waals surface area (Å²) in [6.07, 6.45) is 0.781. The van der Waals surface area contributed by atoms with Crippen LogP contribution in [0.1, 0.15) is 11.1 Å². The van der Waals surface area contributed by atoms with Gasteiger partial charge in [-0.15, -0.1) is 0 Å². The topological polar surface area (TPSA) is 68.3 Å². The normalized spacial score (nSPS) is 9.80. The van der Waals surface area contributed by atoms with Crippen molar-refractivity contribution in [1.29, 1.82) is 5.26 Å². The zero-order valence-electron chi connectivity index (χ0n) is 11.3. The van der Waals surface area contributed by atoms with Gasteiger partial charge in [0.15, 0.2) is 0 Å². The molecular formula is C16H16N2O2. The number of methoxy groups -OCH3 is 1. The highest BCUT2D eigenvalue weighted by atomic mass is 16.5. The minimum absolute atomic E-state index is 0.485. The fourth-order valence-corrected chi connectivity index (χ4v) is 1.82. The van der Waals surface area contributed by atoms with Crippen molar-refractivity contribution in [3.05, 3.63) is 53.6 Å². The molecule has 4 nitrogen and oxygen atoms in total. The van der Waals surface area contributed by atoms with Crippen LogP contribution in [-0.4, -0.2) is 13.7 Å². The molecule has 4 heteroatoms. The number of benzene rings is 2. The molecule has 2 rings (SSSR count). The zero-order valence-corrected chi connectivity index (χ0v) is 11.3. The van der Waals surface area contributed by atoms with Gasteiger partial charge in [0.1, 0.15) is 11.5 Å². The van der Waals surface area contributed by atoms with Crippen LogP contribution in [0, 0.1) is 11.3 Å². The molecule has 2 aromatic carbocycles. The van der Waals surface area contributed by atoms with E-state index in [-0.39, 0.29) is 0 Å². The average Bonchev–Trinajstić information content (AvgIpc) is 2.49. The summed E-state index contributed by atoms with van der Waals surface area (Å²) < 4.78 is 10.7. The van der Waals surface area contributed by atoms with Crippen LogP contribution in [0.4, 0.5) is 5.69 Å². The van der Waals surface area contributed by atoms with Gasteiger partial charge in [-0.2, -0.15) is 5.26 Å². The van der Waals surface area contributed by atoms with Crippen molar-refractivity contribution < 1.29 is 9.47 Å². The maximum Gasteiger partial charge on any atom is 0.142 e. The highest BCUT2D eigenvalue weighted by Gasteiger charge is 2.02. The Morgan fingerprint density at radius 2 is 1.90 bits per heavy atom. The molecule has 0 aliphatic rings. The molecule has 0 atom stereocenters. The Balaban J connectivity index is 1.91. The standard InChI is InChI=1S/C16H16N2O2/c1-19-14-5-2-12(3-6-14)8-9-20-16-7-4-13(11-17)10-15(16)18/h2-7,10H,8-9,18H2,1H3. The third-order valence-electron chi connectivity index (χ3n) is 2.95. The molecule has 2 aromatic rings. The number of nitrogen functional groups attached to an aromatic ring is 1. The van der Waals surface area contributed by atoms with Crippen LogP contribution < -0.4 is 15.2 Å². The lowest BCUT2D eigenvalue weighted by molar-refractivity contribution is 0.323. The molecule has 2 N–H and O–H groups in total. The Bertz CT molecular complexity index is 615. The molecule has 0 spiro atoms. The van der Waals surface area contributed by atoms with Gasteiger partial charge in [0.05, 0.1) is 31.0 Å². The Morgan fingerprint density at radius 1 is 1.15 bits per heavy atom. The van der Waals surface area contributed by atoms with Gasteiger partial charge in [-0.3, -0.25) is 0 Å². The fourth-order valence-electron chi connectivity index (χ4n) is 1.82. The SMILES string of the molecule is COc1ccc(CCOc2ccc(C#N)cc2N)cc1. The first kappa shape index (κ1) is 13.8. The predicted molar refractivity (Wildman–Crippen MR) is 77.8 cm³/mol. The Hall–Kier alpha value is -2.67. The van der Waals surface area contributed by atoms with Crippen LogP contribution in [0.5, 0.6) is 11.5 Å². The van der Waals surface area contributed by atoms with Crippen molar-refractivity contribution in [2.45, 2.75) is 6.42 Å². The second-order valence-electron chi connectivity index (χ2n) is 4.31. The number of hydrogen-bond donors (Lipinski definition) is 1. The van der Waals surface area contributed by atoms with Crippen molar-refractivity contribution in [2.75, 3.05) is 19.5 Å². The summed E-state index contributed by atoms with van der Waals surface area (Å²) >= 11 is 0.